The van der Waals surface area contributed by atoms with Gasteiger partial charge in [0.1, 0.15) is 0 Å². The zero-order valence-electron chi connectivity index (χ0n) is 13.0. The average molecular weight is 346 g/mol. The number of aryl methyl sites for hydroxylation is 2. The quantitative estimate of drug-likeness (QED) is 0.796. The van der Waals surface area contributed by atoms with Crippen molar-refractivity contribution in [2.24, 2.45) is 0 Å². The minimum Gasteiger partial charge on any atom is -0.213 e. The van der Waals surface area contributed by atoms with Crippen LogP contribution in [0.5, 0.6) is 0 Å². The predicted molar refractivity (Wildman–Crippen MR) is 85.7 cm³/mol. The van der Waals surface area contributed by atoms with Gasteiger partial charge in [-0.1, -0.05) is 6.07 Å². The second-order valence-electron chi connectivity index (χ2n) is 6.37. The molecule has 0 fully saturated rings. The Kier molecular flexibility index (Phi) is 4.68. The maximum atomic E-state index is 12.4. The van der Waals surface area contributed by atoms with E-state index in [0.29, 0.717) is 0 Å². The van der Waals surface area contributed by atoms with Crippen molar-refractivity contribution in [2.75, 3.05) is 12.8 Å². The highest BCUT2D eigenvalue weighted by atomic mass is 32.2. The molecule has 6 nitrogen and oxygen atoms in total. The molecule has 0 atom stereocenters. The molecule has 8 heteroatoms. The van der Waals surface area contributed by atoms with Crippen LogP contribution in [0, 0.1) is 0 Å². The Morgan fingerprint density at radius 1 is 1.09 bits per heavy atom. The molecule has 124 valence electrons. The minimum absolute atomic E-state index is 0.0283. The number of nitrogens with one attached hydrogen (secondary N) is 2. The third-order valence-electron chi connectivity index (χ3n) is 3.55. The van der Waals surface area contributed by atoms with Crippen molar-refractivity contribution in [1.82, 2.24) is 9.44 Å². The second-order valence-corrected chi connectivity index (χ2v) is 9.88. The van der Waals surface area contributed by atoms with E-state index in [9.17, 15) is 16.8 Å². The van der Waals surface area contributed by atoms with Gasteiger partial charge >= 0.3 is 0 Å². The molecule has 0 aliphatic heterocycles. The second kappa shape index (κ2) is 5.92. The van der Waals surface area contributed by atoms with E-state index in [1.165, 1.54) is 5.56 Å². The van der Waals surface area contributed by atoms with Crippen molar-refractivity contribution in [3.8, 4) is 0 Å². The van der Waals surface area contributed by atoms with Crippen molar-refractivity contribution in [3.05, 3.63) is 29.3 Å². The van der Waals surface area contributed by atoms with Gasteiger partial charge < -0.3 is 0 Å². The molecular weight excluding hydrogens is 324 g/mol. The van der Waals surface area contributed by atoms with E-state index in [1.54, 1.807) is 26.0 Å². The number of fused-ring (bicyclic) bond motifs is 1. The summed E-state index contributed by atoms with van der Waals surface area (Å²) < 4.78 is 52.2. The number of hydrogen-bond acceptors (Lipinski definition) is 4. The maximum Gasteiger partial charge on any atom is 0.240 e. The van der Waals surface area contributed by atoms with Crippen LogP contribution >= 0.6 is 0 Å². The highest BCUT2D eigenvalue weighted by Gasteiger charge is 2.26. The first kappa shape index (κ1) is 17.4. The molecule has 0 aromatic heterocycles. The Balaban J connectivity index is 2.11. The van der Waals surface area contributed by atoms with Crippen LogP contribution in [0.4, 0.5) is 0 Å². The molecule has 0 spiro atoms. The van der Waals surface area contributed by atoms with Crippen LogP contribution in [0.15, 0.2) is 23.1 Å². The highest BCUT2D eigenvalue weighted by molar-refractivity contribution is 7.89. The van der Waals surface area contributed by atoms with Crippen LogP contribution in [0.1, 0.15) is 31.4 Å². The van der Waals surface area contributed by atoms with Gasteiger partial charge in [-0.15, -0.1) is 0 Å². The largest absolute Gasteiger partial charge is 0.240 e. The standard InChI is InChI=1S/C14H22N2O4S2/c1-14(2,16-21(3,17)18)10-15-22(19,20)13-8-7-11-5-4-6-12(11)9-13/h7-9,15-16H,4-6,10H2,1-3H3. The SMILES string of the molecule is CC(C)(CNS(=O)(=O)c1ccc2c(c1)CCC2)NS(C)(=O)=O. The van der Waals surface area contributed by atoms with E-state index in [2.05, 4.69) is 9.44 Å². The van der Waals surface area contributed by atoms with Crippen molar-refractivity contribution in [2.45, 2.75) is 43.5 Å². The summed E-state index contributed by atoms with van der Waals surface area (Å²) in [6.45, 7) is 3.22. The molecule has 0 saturated carbocycles. The molecule has 1 aliphatic rings. The summed E-state index contributed by atoms with van der Waals surface area (Å²) in [6.07, 6.45) is 4.00. The van der Waals surface area contributed by atoms with E-state index in [0.717, 1.165) is 31.1 Å². The summed E-state index contributed by atoms with van der Waals surface area (Å²) in [7, 11) is -7.06. The topological polar surface area (TPSA) is 92.3 Å². The summed E-state index contributed by atoms with van der Waals surface area (Å²) in [5, 5.41) is 0. The average Bonchev–Trinajstić information content (AvgIpc) is 2.81. The van der Waals surface area contributed by atoms with E-state index < -0.39 is 25.6 Å². The Bertz CT molecular complexity index is 768. The van der Waals surface area contributed by atoms with Crippen LogP contribution in [0.2, 0.25) is 0 Å². The monoisotopic (exact) mass is 346 g/mol. The lowest BCUT2D eigenvalue weighted by atomic mass is 10.1. The smallest absolute Gasteiger partial charge is 0.213 e. The number of benzene rings is 1. The Morgan fingerprint density at radius 2 is 1.73 bits per heavy atom. The lowest BCUT2D eigenvalue weighted by molar-refractivity contribution is 0.446. The maximum absolute atomic E-state index is 12.4. The van der Waals surface area contributed by atoms with E-state index in [4.69, 9.17) is 0 Å². The van der Waals surface area contributed by atoms with Crippen molar-refractivity contribution in [3.63, 3.8) is 0 Å². The summed E-state index contributed by atoms with van der Waals surface area (Å²) in [4.78, 5) is 0.225. The summed E-state index contributed by atoms with van der Waals surface area (Å²) in [6, 6.07) is 5.17. The van der Waals surface area contributed by atoms with E-state index in [-0.39, 0.29) is 11.4 Å². The number of sulfonamides is 2. The van der Waals surface area contributed by atoms with Crippen molar-refractivity contribution < 1.29 is 16.8 Å². The van der Waals surface area contributed by atoms with Crippen LogP contribution in [0.25, 0.3) is 0 Å². The normalized spacial score (nSPS) is 15.8. The lowest BCUT2D eigenvalue weighted by Gasteiger charge is -2.25. The third kappa shape index (κ3) is 4.52. The van der Waals surface area contributed by atoms with Crippen LogP contribution < -0.4 is 9.44 Å². The van der Waals surface area contributed by atoms with Gasteiger partial charge in [0.15, 0.2) is 0 Å². The molecule has 0 radical (unpaired) electrons. The van der Waals surface area contributed by atoms with Gasteiger partial charge in [0.2, 0.25) is 20.0 Å². The fraction of sp³-hybridized carbons (Fsp3) is 0.571. The first-order valence-electron chi connectivity index (χ1n) is 7.09. The number of rotatable bonds is 6. The summed E-state index contributed by atoms with van der Waals surface area (Å²) in [5.74, 6) is 0. The van der Waals surface area contributed by atoms with Crippen molar-refractivity contribution in [1.29, 1.82) is 0 Å². The highest BCUT2D eigenvalue weighted by Crippen LogP contribution is 2.24. The molecular formula is C14H22N2O4S2. The first-order chi connectivity index (χ1) is 9.99. The van der Waals surface area contributed by atoms with Gasteiger partial charge in [-0.3, -0.25) is 0 Å². The molecule has 0 bridgehead atoms. The fourth-order valence-corrected chi connectivity index (χ4v) is 4.95. The third-order valence-corrected chi connectivity index (χ3v) is 5.87. The van der Waals surface area contributed by atoms with Crippen LogP contribution in [-0.2, 0) is 32.9 Å². The van der Waals surface area contributed by atoms with Gasteiger partial charge in [-0.25, -0.2) is 26.3 Å². The van der Waals surface area contributed by atoms with E-state index >= 15 is 0 Å². The minimum atomic E-state index is -3.66. The van der Waals surface area contributed by atoms with Gasteiger partial charge in [-0.05, 0) is 56.4 Å². The Morgan fingerprint density at radius 3 is 2.36 bits per heavy atom. The molecule has 1 aliphatic carbocycles. The summed E-state index contributed by atoms with van der Waals surface area (Å²) >= 11 is 0. The molecule has 2 N–H and O–H groups in total. The van der Waals surface area contributed by atoms with Crippen LogP contribution in [0.3, 0.4) is 0 Å². The molecule has 22 heavy (non-hydrogen) atoms. The van der Waals surface area contributed by atoms with E-state index in [1.807, 2.05) is 6.07 Å². The Labute approximate surface area is 132 Å². The molecule has 0 saturated heterocycles. The first-order valence-corrected chi connectivity index (χ1v) is 10.5. The van der Waals surface area contributed by atoms with Crippen LogP contribution in [-0.4, -0.2) is 35.2 Å². The van der Waals surface area contributed by atoms with Crippen molar-refractivity contribution >= 4 is 20.0 Å². The molecule has 2 rings (SSSR count). The Hall–Kier alpha value is -0.960. The predicted octanol–water partition coefficient (Wildman–Crippen LogP) is 0.781. The molecule has 0 unspecified atom stereocenters. The zero-order valence-corrected chi connectivity index (χ0v) is 14.6. The van der Waals surface area contributed by atoms with Gasteiger partial charge in [0.05, 0.1) is 11.2 Å². The van der Waals surface area contributed by atoms with Gasteiger partial charge in [-0.2, -0.15) is 0 Å². The molecule has 0 heterocycles. The number of hydrogen-bond donors (Lipinski definition) is 2. The van der Waals surface area contributed by atoms with Gasteiger partial charge in [0.25, 0.3) is 0 Å². The lowest BCUT2D eigenvalue weighted by Crippen LogP contribution is -2.50. The summed E-state index contributed by atoms with van der Waals surface area (Å²) in [5.41, 5.74) is 1.38. The molecule has 1 aromatic carbocycles. The molecule has 0 amide bonds. The van der Waals surface area contributed by atoms with Gasteiger partial charge in [0, 0.05) is 12.1 Å². The zero-order chi connectivity index (χ0) is 16.6. The fourth-order valence-electron chi connectivity index (χ4n) is 2.61. The molecule has 1 aromatic rings.